The number of hydrogen-bond donors (Lipinski definition) is 2. The van der Waals surface area contributed by atoms with E-state index in [1.165, 1.54) is 13.3 Å². The summed E-state index contributed by atoms with van der Waals surface area (Å²) in [6.07, 6.45) is 1.50. The average Bonchev–Trinajstić information content (AvgIpc) is 2.50. The third kappa shape index (κ3) is 4.30. The number of anilines is 3. The van der Waals surface area contributed by atoms with Crippen LogP contribution in [0.5, 0.6) is 0 Å². The Hall–Kier alpha value is -2.91. The molecular formula is C15H14N4O2. The monoisotopic (exact) mass is 282 g/mol. The second-order valence-corrected chi connectivity index (χ2v) is 4.23. The first kappa shape index (κ1) is 14.5. The summed E-state index contributed by atoms with van der Waals surface area (Å²) in [6.45, 7) is 0.0230. The minimum atomic E-state index is -0.202. The number of carbonyl (C=O) groups is 1. The highest BCUT2D eigenvalue weighted by atomic mass is 16.5. The fourth-order valence-corrected chi connectivity index (χ4v) is 1.65. The molecule has 0 unspecified atom stereocenters. The van der Waals surface area contributed by atoms with Gasteiger partial charge in [0.05, 0.1) is 5.56 Å². The van der Waals surface area contributed by atoms with E-state index in [4.69, 9.17) is 10.00 Å². The largest absolute Gasteiger partial charge is 0.375 e. The molecule has 0 radical (unpaired) electrons. The molecule has 1 heterocycles. The number of pyridine rings is 1. The van der Waals surface area contributed by atoms with Crippen molar-refractivity contribution < 1.29 is 9.53 Å². The fourth-order valence-electron chi connectivity index (χ4n) is 1.65. The number of amides is 1. The van der Waals surface area contributed by atoms with Crippen molar-refractivity contribution in [3.8, 4) is 6.07 Å². The van der Waals surface area contributed by atoms with Crippen molar-refractivity contribution in [3.63, 3.8) is 0 Å². The summed E-state index contributed by atoms with van der Waals surface area (Å²) in [5.74, 6) is 0.442. The van der Waals surface area contributed by atoms with Gasteiger partial charge in [-0.2, -0.15) is 5.26 Å². The molecule has 0 aliphatic heterocycles. The van der Waals surface area contributed by atoms with Crippen LogP contribution in [0.2, 0.25) is 0 Å². The van der Waals surface area contributed by atoms with Crippen molar-refractivity contribution in [2.24, 2.45) is 0 Å². The third-order valence-electron chi connectivity index (χ3n) is 2.61. The van der Waals surface area contributed by atoms with E-state index in [2.05, 4.69) is 15.6 Å². The van der Waals surface area contributed by atoms with E-state index in [0.717, 1.165) is 5.69 Å². The Morgan fingerprint density at radius 3 is 2.52 bits per heavy atom. The molecule has 2 rings (SSSR count). The molecule has 2 N–H and O–H groups in total. The molecule has 0 fully saturated rings. The zero-order valence-electron chi connectivity index (χ0n) is 11.5. The topological polar surface area (TPSA) is 87.0 Å². The van der Waals surface area contributed by atoms with Crippen LogP contribution in [-0.2, 0) is 9.53 Å². The van der Waals surface area contributed by atoms with E-state index in [1.54, 1.807) is 24.3 Å². The second-order valence-electron chi connectivity index (χ2n) is 4.23. The number of nitrogens with one attached hydrogen (secondary N) is 2. The van der Waals surface area contributed by atoms with Crippen LogP contribution in [0, 0.1) is 11.3 Å². The van der Waals surface area contributed by atoms with Crippen molar-refractivity contribution >= 4 is 23.1 Å². The molecule has 0 spiro atoms. The molecule has 106 valence electrons. The number of methoxy groups -OCH3 is 1. The Balaban J connectivity index is 1.98. The van der Waals surface area contributed by atoms with Crippen LogP contribution in [0.4, 0.5) is 17.2 Å². The van der Waals surface area contributed by atoms with Gasteiger partial charge in [-0.1, -0.05) is 0 Å². The second kappa shape index (κ2) is 7.03. The Morgan fingerprint density at radius 1 is 1.24 bits per heavy atom. The average molecular weight is 282 g/mol. The van der Waals surface area contributed by atoms with Gasteiger partial charge in [0, 0.05) is 24.7 Å². The first-order valence-electron chi connectivity index (χ1n) is 6.23. The molecule has 1 aromatic heterocycles. The minimum absolute atomic E-state index is 0.0230. The van der Waals surface area contributed by atoms with E-state index >= 15 is 0 Å². The molecule has 6 heteroatoms. The van der Waals surface area contributed by atoms with Gasteiger partial charge in [-0.05, 0) is 36.4 Å². The van der Waals surface area contributed by atoms with Crippen molar-refractivity contribution in [2.75, 3.05) is 24.4 Å². The maximum absolute atomic E-state index is 11.4. The lowest BCUT2D eigenvalue weighted by Gasteiger charge is -2.08. The zero-order valence-corrected chi connectivity index (χ0v) is 11.5. The Morgan fingerprint density at radius 2 is 1.95 bits per heavy atom. The molecule has 0 atom stereocenters. The van der Waals surface area contributed by atoms with E-state index in [0.29, 0.717) is 17.1 Å². The van der Waals surface area contributed by atoms with Crippen molar-refractivity contribution in [3.05, 3.63) is 48.2 Å². The van der Waals surface area contributed by atoms with E-state index < -0.39 is 0 Å². The smallest absolute Gasteiger partial charge is 0.250 e. The lowest BCUT2D eigenvalue weighted by Crippen LogP contribution is -2.16. The predicted molar refractivity (Wildman–Crippen MR) is 79.2 cm³/mol. The normalized spacial score (nSPS) is 9.71. The number of nitrogens with zero attached hydrogens (tertiary/aromatic N) is 2. The number of benzene rings is 1. The molecule has 21 heavy (non-hydrogen) atoms. The zero-order chi connectivity index (χ0) is 15.1. The van der Waals surface area contributed by atoms with Gasteiger partial charge < -0.3 is 15.4 Å². The first-order valence-corrected chi connectivity index (χ1v) is 6.23. The highest BCUT2D eigenvalue weighted by Crippen LogP contribution is 2.17. The molecular weight excluding hydrogens is 268 g/mol. The number of hydrogen-bond acceptors (Lipinski definition) is 5. The summed E-state index contributed by atoms with van der Waals surface area (Å²) in [5, 5.41) is 14.5. The van der Waals surface area contributed by atoms with Crippen LogP contribution >= 0.6 is 0 Å². The maximum Gasteiger partial charge on any atom is 0.250 e. The molecule has 6 nitrogen and oxygen atoms in total. The highest BCUT2D eigenvalue weighted by molar-refractivity contribution is 5.91. The lowest BCUT2D eigenvalue weighted by atomic mass is 10.2. The van der Waals surface area contributed by atoms with E-state index in [1.807, 2.05) is 18.2 Å². The van der Waals surface area contributed by atoms with Gasteiger partial charge in [0.1, 0.15) is 18.5 Å². The van der Waals surface area contributed by atoms with Crippen LogP contribution in [0.15, 0.2) is 42.6 Å². The maximum atomic E-state index is 11.4. The SMILES string of the molecule is COCC(=O)Nc1ccc(Nc2ccc(C#N)cn2)cc1. The lowest BCUT2D eigenvalue weighted by molar-refractivity contribution is -0.119. The van der Waals surface area contributed by atoms with Gasteiger partial charge in [0.2, 0.25) is 5.91 Å². The first-order chi connectivity index (χ1) is 10.2. The van der Waals surface area contributed by atoms with Gasteiger partial charge in [0.15, 0.2) is 0 Å². The molecule has 0 aliphatic rings. The van der Waals surface area contributed by atoms with Crippen LogP contribution in [0.1, 0.15) is 5.56 Å². The predicted octanol–water partition coefficient (Wildman–Crippen LogP) is 2.28. The van der Waals surface area contributed by atoms with E-state index in [-0.39, 0.29) is 12.5 Å². The number of rotatable bonds is 5. The molecule has 0 bridgehead atoms. The summed E-state index contributed by atoms with van der Waals surface area (Å²) in [4.78, 5) is 15.5. The summed E-state index contributed by atoms with van der Waals surface area (Å²) < 4.78 is 4.74. The highest BCUT2D eigenvalue weighted by Gasteiger charge is 2.02. The number of nitriles is 1. The van der Waals surface area contributed by atoms with E-state index in [9.17, 15) is 4.79 Å². The molecule has 1 amide bonds. The quantitative estimate of drug-likeness (QED) is 0.878. The third-order valence-corrected chi connectivity index (χ3v) is 2.61. The Bertz CT molecular complexity index is 645. The molecule has 2 aromatic rings. The van der Waals surface area contributed by atoms with Gasteiger partial charge in [-0.15, -0.1) is 0 Å². The van der Waals surface area contributed by atoms with Gasteiger partial charge in [0.25, 0.3) is 0 Å². The van der Waals surface area contributed by atoms with Crippen LogP contribution in [0.3, 0.4) is 0 Å². The summed E-state index contributed by atoms with van der Waals surface area (Å²) in [5.41, 5.74) is 2.03. The molecule has 1 aromatic carbocycles. The van der Waals surface area contributed by atoms with Crippen molar-refractivity contribution in [1.29, 1.82) is 5.26 Å². The Kier molecular flexibility index (Phi) is 4.85. The van der Waals surface area contributed by atoms with Crippen molar-refractivity contribution in [1.82, 2.24) is 4.98 Å². The molecule has 0 saturated heterocycles. The van der Waals surface area contributed by atoms with Gasteiger partial charge in [-0.3, -0.25) is 4.79 Å². The number of ether oxygens (including phenoxy) is 1. The van der Waals surface area contributed by atoms with Gasteiger partial charge >= 0.3 is 0 Å². The summed E-state index contributed by atoms with van der Waals surface area (Å²) >= 11 is 0. The fraction of sp³-hybridized carbons (Fsp3) is 0.133. The summed E-state index contributed by atoms with van der Waals surface area (Å²) in [7, 11) is 1.47. The number of carbonyl (C=O) groups excluding carboxylic acids is 1. The number of aromatic nitrogens is 1. The molecule has 0 saturated carbocycles. The van der Waals surface area contributed by atoms with Crippen LogP contribution in [0.25, 0.3) is 0 Å². The Labute approximate surface area is 122 Å². The standard InChI is InChI=1S/C15H14N4O2/c1-21-10-15(20)19-13-5-3-12(4-6-13)18-14-7-2-11(8-16)9-17-14/h2-7,9H,10H2,1H3,(H,17,18)(H,19,20). The summed E-state index contributed by atoms with van der Waals surface area (Å²) in [6, 6.07) is 12.6. The van der Waals surface area contributed by atoms with Crippen LogP contribution < -0.4 is 10.6 Å². The minimum Gasteiger partial charge on any atom is -0.375 e. The van der Waals surface area contributed by atoms with Crippen LogP contribution in [-0.4, -0.2) is 24.6 Å². The molecule has 0 aliphatic carbocycles. The van der Waals surface area contributed by atoms with Gasteiger partial charge in [-0.25, -0.2) is 4.98 Å². The van der Waals surface area contributed by atoms with Crippen molar-refractivity contribution in [2.45, 2.75) is 0 Å².